The van der Waals surface area contributed by atoms with Gasteiger partial charge in [-0.15, -0.1) is 0 Å². The largest absolute Gasteiger partial charge is 0.494 e. The molecule has 0 saturated carbocycles. The van der Waals surface area contributed by atoms with Crippen LogP contribution in [0.1, 0.15) is 81.3 Å². The Labute approximate surface area is 275 Å². The number of carbonyl (C=O) groups is 3. The standard InChI is InChI=1S/C37H44N4O6/c1-5-6-7-8-9-22-46-30-20-16-28(17-21-30)36-40-33(41-47-36)26-12-10-25(11-13-26)23-31(35(45)38-24-32(42)43)39-34(44)27-14-18-29(19-15-27)37(2,3)4/h10-21,31H,5-9,22-24H2,1-4H3,(H,38,45)(H,39,44)(H,42,43). The molecule has 0 radical (unpaired) electrons. The molecule has 1 unspecified atom stereocenters. The third kappa shape index (κ3) is 10.5. The summed E-state index contributed by atoms with van der Waals surface area (Å²) in [6.45, 7) is 8.58. The summed E-state index contributed by atoms with van der Waals surface area (Å²) in [5, 5.41) is 18.3. The Morgan fingerprint density at radius 3 is 2.17 bits per heavy atom. The van der Waals surface area contributed by atoms with Crippen molar-refractivity contribution in [3.05, 3.63) is 89.5 Å². The summed E-state index contributed by atoms with van der Waals surface area (Å²) in [6, 6.07) is 21.0. The molecule has 1 aromatic heterocycles. The van der Waals surface area contributed by atoms with E-state index in [4.69, 9.17) is 14.4 Å². The number of amides is 2. The topological polar surface area (TPSA) is 144 Å². The fourth-order valence-corrected chi connectivity index (χ4v) is 4.93. The summed E-state index contributed by atoms with van der Waals surface area (Å²) < 4.78 is 11.4. The zero-order valence-electron chi connectivity index (χ0n) is 27.5. The number of hydrogen-bond acceptors (Lipinski definition) is 7. The Morgan fingerprint density at radius 2 is 1.53 bits per heavy atom. The lowest BCUT2D eigenvalue weighted by molar-refractivity contribution is -0.138. The van der Waals surface area contributed by atoms with Gasteiger partial charge in [-0.05, 0) is 59.4 Å². The van der Waals surface area contributed by atoms with Gasteiger partial charge in [0.05, 0.1) is 6.61 Å². The Balaban J connectivity index is 1.39. The third-order valence-electron chi connectivity index (χ3n) is 7.74. The van der Waals surface area contributed by atoms with E-state index < -0.39 is 30.4 Å². The zero-order valence-corrected chi connectivity index (χ0v) is 27.5. The van der Waals surface area contributed by atoms with Gasteiger partial charge in [-0.3, -0.25) is 14.4 Å². The zero-order chi connectivity index (χ0) is 33.8. The molecule has 2 amide bonds. The third-order valence-corrected chi connectivity index (χ3v) is 7.74. The van der Waals surface area contributed by atoms with E-state index in [1.54, 1.807) is 24.3 Å². The van der Waals surface area contributed by atoms with Crippen molar-refractivity contribution in [2.45, 2.75) is 77.7 Å². The van der Waals surface area contributed by atoms with Crippen LogP contribution in [0.4, 0.5) is 0 Å². The number of nitrogens with zero attached hydrogens (tertiary/aromatic N) is 2. The van der Waals surface area contributed by atoms with E-state index in [-0.39, 0.29) is 11.8 Å². The molecule has 0 aliphatic heterocycles. The molecular formula is C37H44N4O6. The first-order valence-electron chi connectivity index (χ1n) is 16.1. The van der Waals surface area contributed by atoms with Crippen LogP contribution in [0.15, 0.2) is 77.3 Å². The number of aromatic nitrogens is 2. The average Bonchev–Trinajstić information content (AvgIpc) is 3.55. The molecule has 1 atom stereocenters. The van der Waals surface area contributed by atoms with Crippen molar-refractivity contribution in [2.24, 2.45) is 0 Å². The molecule has 3 aromatic carbocycles. The number of rotatable bonds is 16. The molecule has 0 aliphatic carbocycles. The second-order valence-electron chi connectivity index (χ2n) is 12.6. The molecule has 1 heterocycles. The highest BCUT2D eigenvalue weighted by molar-refractivity contribution is 5.98. The first-order valence-corrected chi connectivity index (χ1v) is 16.1. The van der Waals surface area contributed by atoms with E-state index in [2.05, 4.69) is 48.5 Å². The summed E-state index contributed by atoms with van der Waals surface area (Å²) in [7, 11) is 0. The Morgan fingerprint density at radius 1 is 0.872 bits per heavy atom. The van der Waals surface area contributed by atoms with Crippen LogP contribution in [-0.2, 0) is 21.4 Å². The number of carboxylic acid groups (broad SMARTS) is 1. The van der Waals surface area contributed by atoms with Gasteiger partial charge in [0, 0.05) is 23.1 Å². The van der Waals surface area contributed by atoms with Gasteiger partial charge in [-0.1, -0.05) is 94.9 Å². The van der Waals surface area contributed by atoms with E-state index in [1.807, 2.05) is 48.5 Å². The van der Waals surface area contributed by atoms with E-state index >= 15 is 0 Å². The van der Waals surface area contributed by atoms with Gasteiger partial charge in [0.2, 0.25) is 11.7 Å². The van der Waals surface area contributed by atoms with Crippen molar-refractivity contribution in [1.82, 2.24) is 20.8 Å². The van der Waals surface area contributed by atoms with Crippen LogP contribution < -0.4 is 15.4 Å². The van der Waals surface area contributed by atoms with E-state index in [9.17, 15) is 14.4 Å². The van der Waals surface area contributed by atoms with Crippen molar-refractivity contribution in [1.29, 1.82) is 0 Å². The molecule has 0 bridgehead atoms. The van der Waals surface area contributed by atoms with Crippen LogP contribution in [-0.4, -0.2) is 52.2 Å². The van der Waals surface area contributed by atoms with Gasteiger partial charge < -0.3 is 25.0 Å². The lowest BCUT2D eigenvalue weighted by Crippen LogP contribution is -2.49. The summed E-state index contributed by atoms with van der Waals surface area (Å²) in [5.41, 5.74) is 3.63. The number of carboxylic acids is 1. The smallest absolute Gasteiger partial charge is 0.322 e. The number of nitrogens with one attached hydrogen (secondary N) is 2. The van der Waals surface area contributed by atoms with Crippen molar-refractivity contribution in [3.63, 3.8) is 0 Å². The van der Waals surface area contributed by atoms with Gasteiger partial charge in [0.1, 0.15) is 18.3 Å². The molecular weight excluding hydrogens is 596 g/mol. The Bertz CT molecular complexity index is 1610. The molecule has 47 heavy (non-hydrogen) atoms. The number of aliphatic carboxylic acids is 1. The molecule has 3 N–H and O–H groups in total. The number of carbonyl (C=O) groups excluding carboxylic acids is 2. The van der Waals surface area contributed by atoms with E-state index in [0.29, 0.717) is 29.4 Å². The summed E-state index contributed by atoms with van der Waals surface area (Å²) in [6.07, 6.45) is 6.06. The van der Waals surface area contributed by atoms with Crippen molar-refractivity contribution in [2.75, 3.05) is 13.2 Å². The molecule has 248 valence electrons. The SMILES string of the molecule is CCCCCCCOc1ccc(-c2nc(-c3ccc(CC(NC(=O)c4ccc(C(C)(C)C)cc4)C(=O)NCC(=O)O)cc3)no2)cc1. The first-order chi connectivity index (χ1) is 22.5. The van der Waals surface area contributed by atoms with E-state index in [1.165, 1.54) is 25.7 Å². The lowest BCUT2D eigenvalue weighted by atomic mass is 9.86. The second-order valence-corrected chi connectivity index (χ2v) is 12.6. The molecule has 0 spiro atoms. The minimum Gasteiger partial charge on any atom is -0.494 e. The van der Waals surface area contributed by atoms with Gasteiger partial charge in [0.25, 0.3) is 11.8 Å². The molecule has 4 rings (SSSR count). The minimum absolute atomic E-state index is 0.0722. The second kappa shape index (κ2) is 16.5. The maximum atomic E-state index is 13.1. The van der Waals surface area contributed by atoms with Gasteiger partial charge >= 0.3 is 5.97 Å². The summed E-state index contributed by atoms with van der Waals surface area (Å²) in [5.74, 6) is -0.627. The maximum absolute atomic E-state index is 13.1. The van der Waals surface area contributed by atoms with Crippen LogP contribution in [0.25, 0.3) is 22.8 Å². The fraction of sp³-hybridized carbons (Fsp3) is 0.378. The van der Waals surface area contributed by atoms with Crippen LogP contribution >= 0.6 is 0 Å². The van der Waals surface area contributed by atoms with Gasteiger partial charge in [-0.25, -0.2) is 0 Å². The number of benzene rings is 3. The van der Waals surface area contributed by atoms with Gasteiger partial charge in [-0.2, -0.15) is 4.98 Å². The van der Waals surface area contributed by atoms with Crippen molar-refractivity contribution >= 4 is 17.8 Å². The molecule has 0 fully saturated rings. The Kier molecular flexibility index (Phi) is 12.3. The maximum Gasteiger partial charge on any atom is 0.322 e. The molecule has 0 saturated heterocycles. The first kappa shape index (κ1) is 34.9. The molecule has 10 nitrogen and oxygen atoms in total. The van der Waals surface area contributed by atoms with Crippen molar-refractivity contribution in [3.8, 4) is 28.6 Å². The van der Waals surface area contributed by atoms with E-state index in [0.717, 1.165) is 28.9 Å². The molecule has 4 aromatic rings. The van der Waals surface area contributed by atoms with Crippen LogP contribution in [0.5, 0.6) is 5.75 Å². The highest BCUT2D eigenvalue weighted by Gasteiger charge is 2.23. The average molecular weight is 641 g/mol. The fourth-order valence-electron chi connectivity index (χ4n) is 4.93. The summed E-state index contributed by atoms with van der Waals surface area (Å²) in [4.78, 5) is 41.6. The predicted molar refractivity (Wildman–Crippen MR) is 180 cm³/mol. The summed E-state index contributed by atoms with van der Waals surface area (Å²) >= 11 is 0. The molecule has 10 heteroatoms. The highest BCUT2D eigenvalue weighted by Crippen LogP contribution is 2.25. The van der Waals surface area contributed by atoms with Crippen LogP contribution in [0.3, 0.4) is 0 Å². The molecule has 0 aliphatic rings. The quantitative estimate of drug-likeness (QED) is 0.116. The monoisotopic (exact) mass is 640 g/mol. The number of hydrogen-bond donors (Lipinski definition) is 3. The highest BCUT2D eigenvalue weighted by atomic mass is 16.5. The Hall–Kier alpha value is -4.99. The number of unbranched alkanes of at least 4 members (excludes halogenated alkanes) is 4. The lowest BCUT2D eigenvalue weighted by Gasteiger charge is -2.20. The minimum atomic E-state index is -1.18. The van der Waals surface area contributed by atoms with Crippen molar-refractivity contribution < 1.29 is 28.8 Å². The van der Waals surface area contributed by atoms with Crippen LogP contribution in [0.2, 0.25) is 0 Å². The number of ether oxygens (including phenoxy) is 1. The predicted octanol–water partition coefficient (Wildman–Crippen LogP) is 6.59. The van der Waals surface area contributed by atoms with Crippen LogP contribution in [0, 0.1) is 0 Å². The normalized spacial score (nSPS) is 11.9. The van der Waals surface area contributed by atoms with Gasteiger partial charge in [0.15, 0.2) is 0 Å².